The fraction of sp³-hybridized carbons (Fsp3) is 0.455. The first kappa shape index (κ1) is 19.5. The maximum atomic E-state index is 13.6. The lowest BCUT2D eigenvalue weighted by molar-refractivity contribution is 0.414. The average molecular weight is 415 g/mol. The molecule has 6 heteroatoms. The van der Waals surface area contributed by atoms with Gasteiger partial charge in [-0.2, -0.15) is 0 Å². The largest absolute Gasteiger partial charge is 0.497 e. The number of thiophene rings is 1. The monoisotopic (exact) mass is 414 g/mol. The fourth-order valence-corrected chi connectivity index (χ4v) is 6.25. The Morgan fingerprint density at radius 2 is 2.11 bits per heavy atom. The molecule has 1 atom stereocenters. The summed E-state index contributed by atoms with van der Waals surface area (Å²) in [7, 11) is 1.65. The average Bonchev–Trinajstić information content (AvgIpc) is 3.06. The van der Waals surface area contributed by atoms with Gasteiger partial charge in [0.25, 0.3) is 5.56 Å². The van der Waals surface area contributed by atoms with Gasteiger partial charge in [-0.25, -0.2) is 4.98 Å². The van der Waals surface area contributed by atoms with Gasteiger partial charge < -0.3 is 4.74 Å². The van der Waals surface area contributed by atoms with Crippen LogP contribution in [0, 0.1) is 5.92 Å². The summed E-state index contributed by atoms with van der Waals surface area (Å²) in [6, 6.07) is 7.69. The Labute approximate surface area is 174 Å². The summed E-state index contributed by atoms with van der Waals surface area (Å²) < 4.78 is 7.08. The van der Waals surface area contributed by atoms with Crippen molar-refractivity contribution in [3.8, 4) is 11.4 Å². The number of nitrogens with zero attached hydrogens (tertiary/aromatic N) is 2. The summed E-state index contributed by atoms with van der Waals surface area (Å²) in [6.07, 6.45) is 5.44. The highest BCUT2D eigenvalue weighted by atomic mass is 32.2. The van der Waals surface area contributed by atoms with Gasteiger partial charge in [0.1, 0.15) is 10.6 Å². The minimum absolute atomic E-state index is 0.0706. The molecule has 0 aliphatic heterocycles. The van der Waals surface area contributed by atoms with Crippen LogP contribution in [0.15, 0.2) is 34.2 Å². The molecule has 0 N–H and O–H groups in total. The highest BCUT2D eigenvalue weighted by molar-refractivity contribution is 7.99. The maximum absolute atomic E-state index is 13.6. The molecule has 0 radical (unpaired) electrons. The number of thioether (sulfide) groups is 1. The number of rotatable bonds is 6. The van der Waals surface area contributed by atoms with E-state index in [1.54, 1.807) is 34.8 Å². The molecule has 0 saturated carbocycles. The van der Waals surface area contributed by atoms with E-state index >= 15 is 0 Å². The maximum Gasteiger partial charge on any atom is 0.267 e. The molecule has 0 amide bonds. The van der Waals surface area contributed by atoms with Gasteiger partial charge in [-0.3, -0.25) is 9.36 Å². The predicted octanol–water partition coefficient (Wildman–Crippen LogP) is 5.47. The second-order valence-corrected chi connectivity index (χ2v) is 9.61. The Morgan fingerprint density at radius 3 is 2.82 bits per heavy atom. The number of hydrogen-bond donors (Lipinski definition) is 0. The van der Waals surface area contributed by atoms with Crippen LogP contribution in [0.25, 0.3) is 15.9 Å². The first-order valence-corrected chi connectivity index (χ1v) is 11.8. The van der Waals surface area contributed by atoms with Crippen LogP contribution in [0.2, 0.25) is 0 Å². The molecule has 28 heavy (non-hydrogen) atoms. The van der Waals surface area contributed by atoms with Crippen molar-refractivity contribution in [3.63, 3.8) is 0 Å². The molecule has 2 heterocycles. The Morgan fingerprint density at radius 1 is 1.32 bits per heavy atom. The molecule has 0 unspecified atom stereocenters. The highest BCUT2D eigenvalue weighted by Crippen LogP contribution is 2.37. The van der Waals surface area contributed by atoms with Crippen LogP contribution < -0.4 is 10.3 Å². The van der Waals surface area contributed by atoms with Crippen LogP contribution in [-0.2, 0) is 12.8 Å². The lowest BCUT2D eigenvalue weighted by atomic mass is 9.89. The quantitative estimate of drug-likeness (QED) is 0.305. The van der Waals surface area contributed by atoms with Crippen molar-refractivity contribution in [2.45, 2.75) is 51.1 Å². The smallest absolute Gasteiger partial charge is 0.267 e. The zero-order valence-electron chi connectivity index (χ0n) is 16.7. The first-order chi connectivity index (χ1) is 13.6. The van der Waals surface area contributed by atoms with Gasteiger partial charge in [-0.1, -0.05) is 32.0 Å². The first-order valence-electron chi connectivity index (χ1n) is 9.97. The Balaban J connectivity index is 1.89. The molecular formula is C22H26N2O2S2. The highest BCUT2D eigenvalue weighted by Gasteiger charge is 2.25. The molecule has 1 aliphatic carbocycles. The lowest BCUT2D eigenvalue weighted by Crippen LogP contribution is -2.22. The zero-order chi connectivity index (χ0) is 19.7. The molecule has 1 aromatic carbocycles. The molecule has 1 aliphatic rings. The zero-order valence-corrected chi connectivity index (χ0v) is 18.3. The molecule has 0 fully saturated rings. The number of hydrogen-bond acceptors (Lipinski definition) is 5. The van der Waals surface area contributed by atoms with Crippen LogP contribution in [0.5, 0.6) is 5.75 Å². The van der Waals surface area contributed by atoms with Crippen molar-refractivity contribution in [1.82, 2.24) is 9.55 Å². The van der Waals surface area contributed by atoms with Gasteiger partial charge >= 0.3 is 0 Å². The summed E-state index contributed by atoms with van der Waals surface area (Å²) in [5.74, 6) is 2.43. The minimum Gasteiger partial charge on any atom is -0.497 e. The number of fused-ring (bicyclic) bond motifs is 3. The third kappa shape index (κ3) is 3.60. The molecule has 148 valence electrons. The van der Waals surface area contributed by atoms with E-state index < -0.39 is 0 Å². The van der Waals surface area contributed by atoms with E-state index in [0.29, 0.717) is 5.92 Å². The minimum atomic E-state index is 0.0706. The van der Waals surface area contributed by atoms with Crippen molar-refractivity contribution in [2.24, 2.45) is 5.92 Å². The van der Waals surface area contributed by atoms with Crippen LogP contribution in [0.1, 0.15) is 43.6 Å². The van der Waals surface area contributed by atoms with Crippen molar-refractivity contribution in [1.29, 1.82) is 0 Å². The van der Waals surface area contributed by atoms with E-state index in [-0.39, 0.29) is 5.56 Å². The van der Waals surface area contributed by atoms with Gasteiger partial charge in [0.15, 0.2) is 5.16 Å². The van der Waals surface area contributed by atoms with E-state index in [9.17, 15) is 4.79 Å². The summed E-state index contributed by atoms with van der Waals surface area (Å²) in [6.45, 7) is 4.48. The van der Waals surface area contributed by atoms with Gasteiger partial charge in [0, 0.05) is 10.6 Å². The molecule has 4 nitrogen and oxygen atoms in total. The van der Waals surface area contributed by atoms with Crippen molar-refractivity contribution >= 4 is 33.3 Å². The second kappa shape index (κ2) is 8.29. The fourth-order valence-electron chi connectivity index (χ4n) is 3.73. The Hall–Kier alpha value is -1.79. The van der Waals surface area contributed by atoms with E-state index in [4.69, 9.17) is 9.72 Å². The molecule has 0 bridgehead atoms. The van der Waals surface area contributed by atoms with Gasteiger partial charge in [-0.05, 0) is 61.4 Å². The van der Waals surface area contributed by atoms with Crippen LogP contribution in [-0.4, -0.2) is 22.4 Å². The standard InChI is InChI=1S/C22H26N2O2S2/c1-4-5-12-27-22-23-20-19(17-11-6-14(2)13-18(17)28-20)21(25)24(22)15-7-9-16(26-3)10-8-15/h7-10,14H,4-6,11-13H2,1-3H3/t14-/m0/s1. The number of unbranched alkanes of at least 4 members (excludes halogenated alkanes) is 1. The Kier molecular flexibility index (Phi) is 5.78. The molecule has 0 saturated heterocycles. The molecule has 2 aromatic heterocycles. The third-order valence-corrected chi connectivity index (χ3v) is 7.53. The summed E-state index contributed by atoms with van der Waals surface area (Å²) in [5, 5.41) is 1.63. The molecular weight excluding hydrogens is 388 g/mol. The number of methoxy groups -OCH3 is 1. The number of aromatic nitrogens is 2. The third-order valence-electron chi connectivity index (χ3n) is 5.36. The summed E-state index contributed by atoms with van der Waals surface area (Å²) >= 11 is 3.40. The van der Waals surface area contributed by atoms with E-state index in [0.717, 1.165) is 64.7 Å². The van der Waals surface area contributed by atoms with Gasteiger partial charge in [0.2, 0.25) is 0 Å². The van der Waals surface area contributed by atoms with Crippen molar-refractivity contribution in [3.05, 3.63) is 45.1 Å². The van der Waals surface area contributed by atoms with Crippen LogP contribution in [0.4, 0.5) is 0 Å². The predicted molar refractivity (Wildman–Crippen MR) is 119 cm³/mol. The SMILES string of the molecule is CCCCSc1nc2sc3c(c2c(=O)n1-c1ccc(OC)cc1)CC[C@H](C)C3. The summed E-state index contributed by atoms with van der Waals surface area (Å²) in [5.41, 5.74) is 2.16. The number of benzene rings is 1. The van der Waals surface area contributed by atoms with Crippen LogP contribution >= 0.6 is 23.1 Å². The molecule has 0 spiro atoms. The number of aryl methyl sites for hydroxylation is 1. The Bertz CT molecular complexity index is 1040. The lowest BCUT2D eigenvalue weighted by Gasteiger charge is -2.18. The van der Waals surface area contributed by atoms with E-state index in [1.165, 1.54) is 10.4 Å². The summed E-state index contributed by atoms with van der Waals surface area (Å²) in [4.78, 5) is 20.9. The van der Waals surface area contributed by atoms with Crippen molar-refractivity contribution in [2.75, 3.05) is 12.9 Å². The number of ether oxygens (including phenoxy) is 1. The van der Waals surface area contributed by atoms with E-state index in [2.05, 4.69) is 13.8 Å². The van der Waals surface area contributed by atoms with Crippen molar-refractivity contribution < 1.29 is 4.74 Å². The van der Waals surface area contributed by atoms with E-state index in [1.807, 2.05) is 24.3 Å². The molecule has 3 aromatic rings. The van der Waals surface area contributed by atoms with Gasteiger partial charge in [0.05, 0.1) is 18.2 Å². The molecule has 4 rings (SSSR count). The normalized spacial score (nSPS) is 16.3. The van der Waals surface area contributed by atoms with Gasteiger partial charge in [-0.15, -0.1) is 11.3 Å². The topological polar surface area (TPSA) is 44.1 Å². The van der Waals surface area contributed by atoms with Crippen LogP contribution in [0.3, 0.4) is 0 Å². The second-order valence-electron chi connectivity index (χ2n) is 7.47.